The first-order valence-corrected chi connectivity index (χ1v) is 7.03. The number of benzene rings is 1. The summed E-state index contributed by atoms with van der Waals surface area (Å²) in [4.78, 5) is 23.8. The second-order valence-electron chi connectivity index (χ2n) is 4.90. The Morgan fingerprint density at radius 1 is 1.26 bits per heavy atom. The topological polar surface area (TPSA) is 72.2 Å². The van der Waals surface area contributed by atoms with E-state index >= 15 is 0 Å². The molecule has 1 aromatic carbocycles. The Labute approximate surface area is 118 Å². The van der Waals surface area contributed by atoms with E-state index in [0.717, 1.165) is 10.5 Å². The van der Waals surface area contributed by atoms with Gasteiger partial charge in [0, 0.05) is 4.90 Å². The minimum absolute atomic E-state index is 0.102. The molecule has 19 heavy (non-hydrogen) atoms. The maximum absolute atomic E-state index is 11.9. The van der Waals surface area contributed by atoms with Gasteiger partial charge in [-0.2, -0.15) is 0 Å². The Morgan fingerprint density at radius 2 is 1.89 bits per heavy atom. The Hall–Kier alpha value is -1.49. The molecule has 3 N–H and O–H groups in total. The summed E-state index contributed by atoms with van der Waals surface area (Å²) in [5, 5.41) is 1.82. The van der Waals surface area contributed by atoms with Crippen molar-refractivity contribution in [2.75, 3.05) is 0 Å². The van der Waals surface area contributed by atoms with Crippen LogP contribution in [0.1, 0.15) is 25.0 Å². The van der Waals surface area contributed by atoms with Crippen molar-refractivity contribution >= 4 is 23.7 Å². The van der Waals surface area contributed by atoms with Crippen LogP contribution in [0.2, 0.25) is 0 Å². The number of nitrogens with one attached hydrogen (secondary N) is 1. The van der Waals surface area contributed by atoms with Gasteiger partial charge >= 0.3 is 6.03 Å². The van der Waals surface area contributed by atoms with Crippen LogP contribution in [-0.4, -0.2) is 17.2 Å². The second-order valence-corrected chi connectivity index (χ2v) is 6.09. The van der Waals surface area contributed by atoms with E-state index in [4.69, 9.17) is 5.73 Å². The average molecular weight is 280 g/mol. The lowest BCUT2D eigenvalue weighted by atomic mass is 10.1. The first-order chi connectivity index (χ1) is 8.81. The summed E-state index contributed by atoms with van der Waals surface area (Å²) in [6, 6.07) is 5.28. The van der Waals surface area contributed by atoms with Gasteiger partial charge in [0.25, 0.3) is 0 Å². The molecule has 0 saturated heterocycles. The summed E-state index contributed by atoms with van der Waals surface area (Å²) in [7, 11) is 0. The highest BCUT2D eigenvalue weighted by atomic mass is 32.2. The molecular formula is C14H20N2O2S. The molecule has 1 unspecified atom stereocenters. The van der Waals surface area contributed by atoms with Crippen LogP contribution in [0.5, 0.6) is 0 Å². The van der Waals surface area contributed by atoms with E-state index < -0.39 is 6.03 Å². The second kappa shape index (κ2) is 6.61. The molecule has 0 fully saturated rings. The molecule has 0 heterocycles. The predicted octanol–water partition coefficient (Wildman–Crippen LogP) is 2.62. The maximum atomic E-state index is 11.9. The number of thioether (sulfide) groups is 1. The lowest BCUT2D eigenvalue weighted by Crippen LogP contribution is -2.42. The highest BCUT2D eigenvalue weighted by molar-refractivity contribution is 8.00. The predicted molar refractivity (Wildman–Crippen MR) is 78.1 cm³/mol. The van der Waals surface area contributed by atoms with Gasteiger partial charge in [-0.1, -0.05) is 31.5 Å². The number of urea groups is 1. The molecular weight excluding hydrogens is 260 g/mol. The van der Waals surface area contributed by atoms with Crippen LogP contribution < -0.4 is 11.1 Å². The van der Waals surface area contributed by atoms with Gasteiger partial charge in [-0.3, -0.25) is 10.1 Å². The number of nitrogens with two attached hydrogens (primary N) is 1. The zero-order chi connectivity index (χ0) is 14.6. The molecule has 0 aliphatic heterocycles. The molecule has 0 bridgehead atoms. The molecule has 1 rings (SSSR count). The molecule has 1 atom stereocenters. The summed E-state index contributed by atoms with van der Waals surface area (Å²) < 4.78 is 0. The Balaban J connectivity index is 2.89. The monoisotopic (exact) mass is 280 g/mol. The third-order valence-electron chi connectivity index (χ3n) is 2.69. The van der Waals surface area contributed by atoms with Crippen molar-refractivity contribution in [2.45, 2.75) is 37.8 Å². The maximum Gasteiger partial charge on any atom is 0.318 e. The molecule has 0 aromatic heterocycles. The van der Waals surface area contributed by atoms with Gasteiger partial charge in [0.05, 0.1) is 5.25 Å². The van der Waals surface area contributed by atoms with Crippen molar-refractivity contribution < 1.29 is 9.59 Å². The van der Waals surface area contributed by atoms with Crippen LogP contribution in [0.3, 0.4) is 0 Å². The fourth-order valence-electron chi connectivity index (χ4n) is 1.75. The van der Waals surface area contributed by atoms with Gasteiger partial charge in [0.1, 0.15) is 0 Å². The van der Waals surface area contributed by atoms with E-state index in [1.165, 1.54) is 17.3 Å². The quantitative estimate of drug-likeness (QED) is 0.833. The summed E-state index contributed by atoms with van der Waals surface area (Å²) in [6.07, 6.45) is 0. The summed E-state index contributed by atoms with van der Waals surface area (Å²) >= 11 is 1.46. The van der Waals surface area contributed by atoms with Gasteiger partial charge in [0.2, 0.25) is 5.91 Å². The number of carbonyl (C=O) groups is 2. The third-order valence-corrected chi connectivity index (χ3v) is 4.42. The number of primary amides is 1. The van der Waals surface area contributed by atoms with Crippen LogP contribution in [0.4, 0.5) is 4.79 Å². The van der Waals surface area contributed by atoms with E-state index in [9.17, 15) is 9.59 Å². The van der Waals surface area contributed by atoms with Crippen LogP contribution in [0.25, 0.3) is 0 Å². The van der Waals surface area contributed by atoms with Crippen molar-refractivity contribution in [3.63, 3.8) is 0 Å². The van der Waals surface area contributed by atoms with E-state index in [0.29, 0.717) is 0 Å². The Morgan fingerprint density at radius 3 is 2.37 bits per heavy atom. The zero-order valence-corrected chi connectivity index (χ0v) is 12.5. The largest absolute Gasteiger partial charge is 0.351 e. The van der Waals surface area contributed by atoms with Gasteiger partial charge < -0.3 is 5.73 Å². The number of imide groups is 1. The molecule has 0 saturated carbocycles. The van der Waals surface area contributed by atoms with Gasteiger partial charge in [-0.25, -0.2) is 4.79 Å². The molecule has 4 nitrogen and oxygen atoms in total. The summed E-state index contributed by atoms with van der Waals surface area (Å²) in [6.45, 7) is 7.93. The molecule has 0 radical (unpaired) electrons. The van der Waals surface area contributed by atoms with E-state index in [2.05, 4.69) is 11.4 Å². The van der Waals surface area contributed by atoms with E-state index in [1.807, 2.05) is 39.8 Å². The van der Waals surface area contributed by atoms with E-state index in [1.54, 1.807) is 0 Å². The number of aryl methyl sites for hydroxylation is 2. The fourth-order valence-corrected chi connectivity index (χ4v) is 2.86. The number of carbonyl (C=O) groups excluding carboxylic acids is 2. The minimum atomic E-state index is -0.808. The molecule has 1 aromatic rings. The van der Waals surface area contributed by atoms with Crippen LogP contribution in [0, 0.1) is 19.8 Å². The number of hydrogen-bond acceptors (Lipinski definition) is 3. The number of rotatable bonds is 4. The van der Waals surface area contributed by atoms with Crippen molar-refractivity contribution in [3.8, 4) is 0 Å². The lowest BCUT2D eigenvalue weighted by Gasteiger charge is -2.20. The van der Waals surface area contributed by atoms with Crippen molar-refractivity contribution in [2.24, 2.45) is 11.7 Å². The molecule has 3 amide bonds. The van der Waals surface area contributed by atoms with Crippen LogP contribution >= 0.6 is 11.8 Å². The SMILES string of the molecule is Cc1ccc(SC(C(=O)NC(N)=O)C(C)C)c(C)c1. The first kappa shape index (κ1) is 15.6. The van der Waals surface area contributed by atoms with Crippen LogP contribution in [-0.2, 0) is 4.79 Å². The smallest absolute Gasteiger partial charge is 0.318 e. The molecule has 5 heteroatoms. The molecule has 0 aliphatic carbocycles. The summed E-state index contributed by atoms with van der Waals surface area (Å²) in [5.41, 5.74) is 7.31. The zero-order valence-electron chi connectivity index (χ0n) is 11.7. The van der Waals surface area contributed by atoms with E-state index in [-0.39, 0.29) is 17.1 Å². The van der Waals surface area contributed by atoms with Crippen LogP contribution in [0.15, 0.2) is 23.1 Å². The highest BCUT2D eigenvalue weighted by Gasteiger charge is 2.24. The van der Waals surface area contributed by atoms with Gasteiger partial charge in [0.15, 0.2) is 0 Å². The van der Waals surface area contributed by atoms with Crippen molar-refractivity contribution in [1.29, 1.82) is 0 Å². The first-order valence-electron chi connectivity index (χ1n) is 6.15. The van der Waals surface area contributed by atoms with Gasteiger partial charge in [-0.15, -0.1) is 11.8 Å². The van der Waals surface area contributed by atoms with Crippen molar-refractivity contribution in [1.82, 2.24) is 5.32 Å². The standard InChI is InChI=1S/C14H20N2O2S/c1-8(2)12(13(17)16-14(15)18)19-11-6-5-9(3)7-10(11)4/h5-8,12H,1-4H3,(H3,15,16,17,18). The molecule has 104 valence electrons. The Bertz CT molecular complexity index is 486. The summed E-state index contributed by atoms with van der Waals surface area (Å²) in [5.74, 6) is -0.238. The normalized spacial score (nSPS) is 12.3. The average Bonchev–Trinajstić information content (AvgIpc) is 2.26. The minimum Gasteiger partial charge on any atom is -0.351 e. The van der Waals surface area contributed by atoms with Crippen molar-refractivity contribution in [3.05, 3.63) is 29.3 Å². The Kier molecular flexibility index (Phi) is 5.42. The number of hydrogen-bond donors (Lipinski definition) is 2. The molecule has 0 aliphatic rings. The number of amides is 3. The molecule has 0 spiro atoms. The lowest BCUT2D eigenvalue weighted by molar-refractivity contribution is -0.120. The fraction of sp³-hybridized carbons (Fsp3) is 0.429. The third kappa shape index (κ3) is 4.59. The highest BCUT2D eigenvalue weighted by Crippen LogP contribution is 2.31. The van der Waals surface area contributed by atoms with Gasteiger partial charge in [-0.05, 0) is 31.4 Å².